The molecule has 30 heavy (non-hydrogen) atoms. The van der Waals surface area contributed by atoms with Crippen molar-refractivity contribution >= 4 is 34.3 Å². The van der Waals surface area contributed by atoms with Crippen LogP contribution >= 0.6 is 11.3 Å². The summed E-state index contributed by atoms with van der Waals surface area (Å²) < 4.78 is 5.77. The number of anilines is 3. The third-order valence-corrected chi connectivity index (χ3v) is 5.18. The Kier molecular flexibility index (Phi) is 6.06. The summed E-state index contributed by atoms with van der Waals surface area (Å²) in [5, 5.41) is 9.22. The minimum atomic E-state index is -0.186. The smallest absolute Gasteiger partial charge is 0.255 e. The number of thiazole rings is 1. The lowest BCUT2D eigenvalue weighted by Crippen LogP contribution is -2.12. The molecule has 3 aromatic carbocycles. The summed E-state index contributed by atoms with van der Waals surface area (Å²) in [7, 11) is 0. The van der Waals surface area contributed by atoms with Gasteiger partial charge in [0.25, 0.3) is 5.91 Å². The third-order valence-electron chi connectivity index (χ3n) is 4.35. The number of benzene rings is 3. The second-order valence-corrected chi connectivity index (χ2v) is 7.76. The predicted molar refractivity (Wildman–Crippen MR) is 122 cm³/mol. The molecular weight excluding hydrogens is 394 g/mol. The van der Waals surface area contributed by atoms with E-state index < -0.39 is 0 Å². The molecule has 0 aliphatic carbocycles. The minimum absolute atomic E-state index is 0.186. The number of hydrogen-bond acceptors (Lipinski definition) is 5. The Morgan fingerprint density at radius 2 is 1.67 bits per heavy atom. The Labute approximate surface area is 179 Å². The average molecular weight is 416 g/mol. The average Bonchev–Trinajstić information content (AvgIpc) is 3.20. The van der Waals surface area contributed by atoms with Crippen molar-refractivity contribution in [3.63, 3.8) is 0 Å². The van der Waals surface area contributed by atoms with Gasteiger partial charge in [-0.1, -0.05) is 24.3 Å². The predicted octanol–water partition coefficient (Wildman–Crippen LogP) is 6.03. The van der Waals surface area contributed by atoms with Gasteiger partial charge < -0.3 is 15.4 Å². The van der Waals surface area contributed by atoms with E-state index >= 15 is 0 Å². The van der Waals surface area contributed by atoms with Crippen LogP contribution in [0.4, 0.5) is 17.1 Å². The molecule has 0 fully saturated rings. The Balaban J connectivity index is 1.36. The van der Waals surface area contributed by atoms with Crippen LogP contribution in [0, 0.1) is 6.92 Å². The number of nitrogens with zero attached hydrogens (tertiary/aromatic N) is 1. The topological polar surface area (TPSA) is 63.2 Å². The van der Waals surface area contributed by atoms with Crippen molar-refractivity contribution in [2.24, 2.45) is 0 Å². The van der Waals surface area contributed by atoms with Gasteiger partial charge in [0.05, 0.1) is 10.7 Å². The van der Waals surface area contributed by atoms with Crippen LogP contribution in [0.25, 0.3) is 0 Å². The van der Waals surface area contributed by atoms with Gasteiger partial charge in [0, 0.05) is 28.0 Å². The number of carbonyl (C=O) groups excluding carboxylic acids is 1. The Bertz CT molecular complexity index is 1120. The van der Waals surface area contributed by atoms with E-state index in [1.807, 2.05) is 79.0 Å². The highest BCUT2D eigenvalue weighted by Crippen LogP contribution is 2.20. The molecule has 6 heteroatoms. The van der Waals surface area contributed by atoms with Crippen LogP contribution in [0.3, 0.4) is 0 Å². The van der Waals surface area contributed by atoms with Crippen LogP contribution in [0.2, 0.25) is 0 Å². The maximum absolute atomic E-state index is 12.6. The van der Waals surface area contributed by atoms with Gasteiger partial charge in [-0.05, 0) is 61.5 Å². The summed E-state index contributed by atoms with van der Waals surface area (Å²) in [5.41, 5.74) is 4.11. The fourth-order valence-electron chi connectivity index (χ4n) is 2.89. The molecule has 0 saturated carbocycles. The number of ether oxygens (including phenoxy) is 1. The highest BCUT2D eigenvalue weighted by molar-refractivity contribution is 7.09. The lowest BCUT2D eigenvalue weighted by Gasteiger charge is -2.10. The summed E-state index contributed by atoms with van der Waals surface area (Å²) in [6.07, 6.45) is 0. The third kappa shape index (κ3) is 5.24. The minimum Gasteiger partial charge on any atom is -0.487 e. The summed E-state index contributed by atoms with van der Waals surface area (Å²) in [4.78, 5) is 17.0. The number of rotatable bonds is 7. The van der Waals surface area contributed by atoms with Crippen LogP contribution in [0.15, 0.2) is 84.2 Å². The zero-order valence-electron chi connectivity index (χ0n) is 16.5. The van der Waals surface area contributed by atoms with Crippen molar-refractivity contribution < 1.29 is 9.53 Å². The molecule has 2 N–H and O–H groups in total. The van der Waals surface area contributed by atoms with Crippen LogP contribution in [0.5, 0.6) is 5.75 Å². The maximum Gasteiger partial charge on any atom is 0.255 e. The lowest BCUT2D eigenvalue weighted by atomic mass is 10.2. The number of amides is 1. The normalized spacial score (nSPS) is 10.4. The number of aryl methyl sites for hydroxylation is 1. The van der Waals surface area contributed by atoms with Gasteiger partial charge in [-0.25, -0.2) is 4.98 Å². The van der Waals surface area contributed by atoms with Gasteiger partial charge in [0.2, 0.25) is 0 Å². The standard InChI is InChI=1S/C24H21N3O2S/c1-17-25-22(16-30-17)15-29-23-9-5-6-18(14-23)24(28)27-21-12-10-20(11-13-21)26-19-7-3-2-4-8-19/h2-14,16,26H,15H2,1H3,(H,27,28). The number of aromatic nitrogens is 1. The van der Waals surface area contributed by atoms with Crippen molar-refractivity contribution in [3.8, 4) is 5.75 Å². The van der Waals surface area contributed by atoms with Gasteiger partial charge in [0.15, 0.2) is 0 Å². The molecule has 150 valence electrons. The zero-order valence-corrected chi connectivity index (χ0v) is 17.3. The van der Waals surface area contributed by atoms with Crippen molar-refractivity contribution in [3.05, 3.63) is 101 Å². The second kappa shape index (κ2) is 9.24. The van der Waals surface area contributed by atoms with Crippen LogP contribution in [-0.2, 0) is 6.61 Å². The van der Waals surface area contributed by atoms with Crippen LogP contribution in [0.1, 0.15) is 21.1 Å². The van der Waals surface area contributed by atoms with Gasteiger partial charge in [0.1, 0.15) is 12.4 Å². The SMILES string of the molecule is Cc1nc(COc2cccc(C(=O)Nc3ccc(Nc4ccccc4)cc3)c2)cs1. The number of carbonyl (C=O) groups is 1. The monoisotopic (exact) mass is 415 g/mol. The van der Waals surface area contributed by atoms with Gasteiger partial charge in [-0.15, -0.1) is 11.3 Å². The highest BCUT2D eigenvalue weighted by atomic mass is 32.1. The molecule has 4 rings (SSSR count). The Morgan fingerprint density at radius 3 is 2.40 bits per heavy atom. The molecule has 0 bridgehead atoms. The number of hydrogen-bond donors (Lipinski definition) is 2. The molecule has 4 aromatic rings. The van der Waals surface area contributed by atoms with E-state index in [4.69, 9.17) is 4.74 Å². The first-order valence-electron chi connectivity index (χ1n) is 9.53. The van der Waals surface area contributed by atoms with Gasteiger partial charge in [-0.2, -0.15) is 0 Å². The molecule has 0 aliphatic rings. The summed E-state index contributed by atoms with van der Waals surface area (Å²) in [6, 6.07) is 24.7. The summed E-state index contributed by atoms with van der Waals surface area (Å²) in [5.74, 6) is 0.449. The first-order valence-corrected chi connectivity index (χ1v) is 10.4. The zero-order chi connectivity index (χ0) is 20.8. The quantitative estimate of drug-likeness (QED) is 0.387. The molecule has 0 radical (unpaired) electrons. The van der Waals surface area contributed by atoms with E-state index in [1.165, 1.54) is 0 Å². The largest absolute Gasteiger partial charge is 0.487 e. The van der Waals surface area contributed by atoms with Gasteiger partial charge in [-0.3, -0.25) is 4.79 Å². The molecule has 1 amide bonds. The van der Waals surface area contributed by atoms with E-state index in [9.17, 15) is 4.79 Å². The van der Waals surface area contributed by atoms with Crippen molar-refractivity contribution in [1.29, 1.82) is 0 Å². The number of nitrogens with one attached hydrogen (secondary N) is 2. The van der Waals surface area contributed by atoms with E-state index in [0.717, 1.165) is 27.8 Å². The fraction of sp³-hybridized carbons (Fsp3) is 0.0833. The Morgan fingerprint density at radius 1 is 0.933 bits per heavy atom. The Hall–Kier alpha value is -3.64. The molecule has 1 aromatic heterocycles. The van der Waals surface area contributed by atoms with E-state index in [-0.39, 0.29) is 5.91 Å². The molecule has 0 aliphatic heterocycles. The van der Waals surface area contributed by atoms with Crippen molar-refractivity contribution in [2.45, 2.75) is 13.5 Å². The second-order valence-electron chi connectivity index (χ2n) is 6.70. The molecule has 0 spiro atoms. The van der Waals surface area contributed by atoms with E-state index in [2.05, 4.69) is 15.6 Å². The maximum atomic E-state index is 12.6. The van der Waals surface area contributed by atoms with Gasteiger partial charge >= 0.3 is 0 Å². The lowest BCUT2D eigenvalue weighted by molar-refractivity contribution is 0.102. The van der Waals surface area contributed by atoms with Crippen molar-refractivity contribution in [2.75, 3.05) is 10.6 Å². The number of para-hydroxylation sites is 1. The first-order chi connectivity index (χ1) is 14.7. The fourth-order valence-corrected chi connectivity index (χ4v) is 3.48. The molecule has 0 saturated heterocycles. The highest BCUT2D eigenvalue weighted by Gasteiger charge is 2.08. The van der Waals surface area contributed by atoms with Crippen LogP contribution < -0.4 is 15.4 Å². The molecule has 5 nitrogen and oxygen atoms in total. The molecule has 0 atom stereocenters. The van der Waals surface area contributed by atoms with E-state index in [0.29, 0.717) is 17.9 Å². The molecule has 0 unspecified atom stereocenters. The summed E-state index contributed by atoms with van der Waals surface area (Å²) in [6.45, 7) is 2.34. The van der Waals surface area contributed by atoms with Crippen molar-refractivity contribution in [1.82, 2.24) is 4.98 Å². The molecular formula is C24H21N3O2S. The van der Waals surface area contributed by atoms with Crippen LogP contribution in [-0.4, -0.2) is 10.9 Å². The molecule has 1 heterocycles. The summed E-state index contributed by atoms with van der Waals surface area (Å²) >= 11 is 1.59. The van der Waals surface area contributed by atoms with E-state index in [1.54, 1.807) is 23.5 Å². The first kappa shape index (κ1) is 19.7.